The lowest BCUT2D eigenvalue weighted by Gasteiger charge is -2.09. The average Bonchev–Trinajstić information content (AvgIpc) is 2.47. The molecule has 0 aliphatic carbocycles. The molecule has 0 spiro atoms. The van der Waals surface area contributed by atoms with Crippen molar-refractivity contribution >= 4 is 5.91 Å². The maximum Gasteiger partial charge on any atom is 0.277 e. The first-order valence-corrected chi connectivity index (χ1v) is 6.06. The largest absolute Gasteiger partial charge is 0.394 e. The summed E-state index contributed by atoms with van der Waals surface area (Å²) in [7, 11) is 0. The molecule has 0 heterocycles. The van der Waals surface area contributed by atoms with Crippen LogP contribution in [0.25, 0.3) is 0 Å². The molecule has 7 nitrogen and oxygen atoms in total. The number of rotatable bonds is 9. The number of carbonyl (C=O) groups is 1. The van der Waals surface area contributed by atoms with Crippen LogP contribution in [0, 0.1) is 11.6 Å². The topological polar surface area (TPSA) is 100 Å². The number of hydrogen-bond acceptors (Lipinski definition) is 6. The number of hydroxylamine groups is 2. The Morgan fingerprint density at radius 1 is 1.14 bits per heavy atom. The number of carbonyl (C=O) groups excluding carboxylic acids is 1. The van der Waals surface area contributed by atoms with Crippen molar-refractivity contribution in [1.82, 2.24) is 11.0 Å². The van der Waals surface area contributed by atoms with Crippen LogP contribution in [0.2, 0.25) is 0 Å². The van der Waals surface area contributed by atoms with Gasteiger partial charge in [0.2, 0.25) is 0 Å². The van der Waals surface area contributed by atoms with Gasteiger partial charge in [-0.3, -0.25) is 14.5 Å². The molecule has 0 bridgehead atoms. The molecule has 21 heavy (non-hydrogen) atoms. The molecular formula is C12H16F2N2O5. The monoisotopic (exact) mass is 306 g/mol. The van der Waals surface area contributed by atoms with Crippen LogP contribution in [-0.4, -0.2) is 42.5 Å². The molecule has 0 aromatic heterocycles. The molecule has 1 aromatic rings. The van der Waals surface area contributed by atoms with Gasteiger partial charge in [-0.25, -0.2) is 14.3 Å². The first-order chi connectivity index (χ1) is 10.1. The molecule has 0 saturated carbocycles. The van der Waals surface area contributed by atoms with Gasteiger partial charge in [-0.15, -0.1) is 0 Å². The number of aliphatic hydroxyl groups excluding tert-OH is 2. The minimum absolute atomic E-state index is 0.00891. The SMILES string of the molecule is O=C(NOCCO)c1cc(CNOCCO)cc(F)c1F. The zero-order chi connectivity index (χ0) is 15.7. The zero-order valence-corrected chi connectivity index (χ0v) is 11.1. The summed E-state index contributed by atoms with van der Waals surface area (Å²) in [4.78, 5) is 20.9. The first kappa shape index (κ1) is 17.4. The molecule has 0 fully saturated rings. The minimum atomic E-state index is -1.31. The number of halogens is 2. The number of aliphatic hydroxyl groups is 2. The molecule has 4 N–H and O–H groups in total. The number of benzene rings is 1. The van der Waals surface area contributed by atoms with E-state index in [1.807, 2.05) is 5.48 Å². The maximum atomic E-state index is 13.6. The van der Waals surface area contributed by atoms with E-state index in [0.29, 0.717) is 0 Å². The lowest BCUT2D eigenvalue weighted by Crippen LogP contribution is -2.27. The van der Waals surface area contributed by atoms with Crippen LogP contribution < -0.4 is 11.0 Å². The molecule has 9 heteroatoms. The molecule has 0 aliphatic rings. The second-order valence-corrected chi connectivity index (χ2v) is 3.84. The Hall–Kier alpha value is -1.65. The van der Waals surface area contributed by atoms with Crippen molar-refractivity contribution in [2.45, 2.75) is 6.54 Å². The number of hydrogen-bond donors (Lipinski definition) is 4. The third kappa shape index (κ3) is 5.69. The third-order valence-corrected chi connectivity index (χ3v) is 2.26. The second kappa shape index (κ2) is 9.32. The smallest absolute Gasteiger partial charge is 0.277 e. The summed E-state index contributed by atoms with van der Waals surface area (Å²) in [6.45, 7) is -0.656. The van der Waals surface area contributed by atoms with E-state index in [9.17, 15) is 13.6 Å². The number of amides is 1. The predicted octanol–water partition coefficient (Wildman–Crippen LogP) is -0.368. The highest BCUT2D eigenvalue weighted by atomic mass is 19.2. The highest BCUT2D eigenvalue weighted by molar-refractivity contribution is 5.93. The van der Waals surface area contributed by atoms with Crippen LogP contribution in [0.3, 0.4) is 0 Å². The Morgan fingerprint density at radius 2 is 1.81 bits per heavy atom. The Labute approximate surface area is 119 Å². The highest BCUT2D eigenvalue weighted by Crippen LogP contribution is 2.15. The van der Waals surface area contributed by atoms with Gasteiger partial charge in [0.1, 0.15) is 0 Å². The molecule has 0 aliphatic heterocycles. The van der Waals surface area contributed by atoms with Gasteiger partial charge in [0.15, 0.2) is 11.6 Å². The van der Waals surface area contributed by atoms with Gasteiger partial charge < -0.3 is 10.2 Å². The second-order valence-electron chi connectivity index (χ2n) is 3.84. The van der Waals surface area contributed by atoms with Gasteiger partial charge in [-0.1, -0.05) is 0 Å². The highest BCUT2D eigenvalue weighted by Gasteiger charge is 2.17. The Morgan fingerprint density at radius 3 is 2.48 bits per heavy atom. The van der Waals surface area contributed by atoms with Gasteiger partial charge in [0.25, 0.3) is 5.91 Å². The fourth-order valence-electron chi connectivity index (χ4n) is 1.38. The van der Waals surface area contributed by atoms with Crippen LogP contribution in [0.5, 0.6) is 0 Å². The van der Waals surface area contributed by atoms with Crippen molar-refractivity contribution in [2.75, 3.05) is 26.4 Å². The van der Waals surface area contributed by atoms with E-state index in [1.165, 1.54) is 0 Å². The van der Waals surface area contributed by atoms with E-state index >= 15 is 0 Å². The summed E-state index contributed by atoms with van der Waals surface area (Å²) in [6.07, 6.45) is 0. The van der Waals surface area contributed by atoms with E-state index in [0.717, 1.165) is 12.1 Å². The minimum Gasteiger partial charge on any atom is -0.394 e. The number of nitrogens with one attached hydrogen (secondary N) is 2. The summed E-state index contributed by atoms with van der Waals surface area (Å²) in [5.74, 6) is -3.47. The summed E-state index contributed by atoms with van der Waals surface area (Å²) in [6, 6.07) is 2.04. The first-order valence-electron chi connectivity index (χ1n) is 6.06. The van der Waals surface area contributed by atoms with Gasteiger partial charge in [0.05, 0.1) is 32.0 Å². The standard InChI is InChI=1S/C12H16F2N2O5/c13-10-6-8(7-15-20-3-1-17)5-9(11(10)14)12(19)16-21-4-2-18/h5-6,15,17-18H,1-4,7H2,(H,16,19). The molecule has 0 atom stereocenters. The van der Waals surface area contributed by atoms with Crippen molar-refractivity contribution in [3.05, 3.63) is 34.9 Å². The summed E-state index contributed by atoms with van der Waals surface area (Å²) in [5.41, 5.74) is 4.03. The quantitative estimate of drug-likeness (QED) is 0.367. The maximum absolute atomic E-state index is 13.6. The van der Waals surface area contributed by atoms with Crippen molar-refractivity contribution in [1.29, 1.82) is 0 Å². The summed E-state index contributed by atoms with van der Waals surface area (Å²) in [5, 5.41) is 17.0. The van der Waals surface area contributed by atoms with Crippen molar-refractivity contribution in [2.24, 2.45) is 0 Å². The van der Waals surface area contributed by atoms with Gasteiger partial charge in [-0.2, -0.15) is 5.48 Å². The van der Waals surface area contributed by atoms with Gasteiger partial charge >= 0.3 is 0 Å². The molecule has 0 unspecified atom stereocenters. The van der Waals surface area contributed by atoms with E-state index in [2.05, 4.69) is 10.3 Å². The van der Waals surface area contributed by atoms with E-state index in [4.69, 9.17) is 15.1 Å². The van der Waals surface area contributed by atoms with Crippen LogP contribution in [-0.2, 0) is 16.2 Å². The van der Waals surface area contributed by atoms with Crippen LogP contribution in [0.4, 0.5) is 8.78 Å². The van der Waals surface area contributed by atoms with Crippen LogP contribution in [0.15, 0.2) is 12.1 Å². The van der Waals surface area contributed by atoms with Gasteiger partial charge in [-0.05, 0) is 17.7 Å². The van der Waals surface area contributed by atoms with Crippen LogP contribution >= 0.6 is 0 Å². The molecule has 1 aromatic carbocycles. The predicted molar refractivity (Wildman–Crippen MR) is 66.7 cm³/mol. The Kier molecular flexibility index (Phi) is 7.72. The van der Waals surface area contributed by atoms with Crippen molar-refractivity contribution < 1.29 is 33.5 Å². The summed E-state index contributed by atoms with van der Waals surface area (Å²) < 4.78 is 27.0. The van der Waals surface area contributed by atoms with E-state index in [-0.39, 0.29) is 38.5 Å². The molecule has 118 valence electrons. The Balaban J connectivity index is 2.73. The lowest BCUT2D eigenvalue weighted by atomic mass is 10.1. The van der Waals surface area contributed by atoms with E-state index in [1.54, 1.807) is 0 Å². The normalized spacial score (nSPS) is 10.7. The molecule has 0 radical (unpaired) electrons. The van der Waals surface area contributed by atoms with Crippen molar-refractivity contribution in [3.8, 4) is 0 Å². The lowest BCUT2D eigenvalue weighted by molar-refractivity contribution is 0.0135. The third-order valence-electron chi connectivity index (χ3n) is 2.26. The van der Waals surface area contributed by atoms with E-state index < -0.39 is 23.1 Å². The fraction of sp³-hybridized carbons (Fsp3) is 0.417. The summed E-state index contributed by atoms with van der Waals surface area (Å²) >= 11 is 0. The Bertz CT molecular complexity index is 473. The molecular weight excluding hydrogens is 290 g/mol. The molecule has 1 rings (SSSR count). The van der Waals surface area contributed by atoms with Crippen molar-refractivity contribution in [3.63, 3.8) is 0 Å². The average molecular weight is 306 g/mol. The fourth-order valence-corrected chi connectivity index (χ4v) is 1.38. The zero-order valence-electron chi connectivity index (χ0n) is 11.1. The van der Waals surface area contributed by atoms with Gasteiger partial charge in [0, 0.05) is 6.54 Å². The van der Waals surface area contributed by atoms with Crippen LogP contribution in [0.1, 0.15) is 15.9 Å². The molecule has 0 saturated heterocycles. The molecule has 1 amide bonds.